The van der Waals surface area contributed by atoms with Gasteiger partial charge in [0.1, 0.15) is 10.7 Å². The number of nitrogens with one attached hydrogen (secondary N) is 1. The maximum absolute atomic E-state index is 13.9. The smallest absolute Gasteiger partial charge is 0.253 e. The van der Waals surface area contributed by atoms with Gasteiger partial charge in [-0.15, -0.1) is 17.9 Å². The summed E-state index contributed by atoms with van der Waals surface area (Å²) in [5.41, 5.74) is 0.0746. The Hall–Kier alpha value is -1.74. The summed E-state index contributed by atoms with van der Waals surface area (Å²) in [6.45, 7) is 3.67. The van der Waals surface area contributed by atoms with Crippen molar-refractivity contribution in [3.63, 3.8) is 0 Å². The lowest BCUT2D eigenvalue weighted by molar-refractivity contribution is 0.0786. The largest absolute Gasteiger partial charge is 0.337 e. The maximum Gasteiger partial charge on any atom is 0.253 e. The Labute approximate surface area is 154 Å². The highest BCUT2D eigenvalue weighted by Gasteiger charge is 2.22. The molecule has 1 aromatic carbocycles. The molecule has 2 aromatic rings. The van der Waals surface area contributed by atoms with Crippen LogP contribution in [0.15, 0.2) is 47.9 Å². The van der Waals surface area contributed by atoms with Crippen molar-refractivity contribution < 1.29 is 17.6 Å². The maximum atomic E-state index is 13.9. The Balaban J connectivity index is 2.25. The number of hydrogen-bond acceptors (Lipinski definition) is 4. The third-order valence-electron chi connectivity index (χ3n) is 3.25. The lowest BCUT2D eigenvalue weighted by Crippen LogP contribution is -2.27. The first-order valence-electron chi connectivity index (χ1n) is 7.14. The van der Waals surface area contributed by atoms with E-state index >= 15 is 0 Å². The fourth-order valence-corrected chi connectivity index (χ4v) is 4.29. The standard InChI is InChI=1S/C16H16ClFN2O3S2/c1-3-8-19-25(22,23)14-9-11(4-6-13(14)18)16(21)20(2)10-12-5-7-15(17)24-12/h3-7,9,19H,1,8,10H2,2H3. The van der Waals surface area contributed by atoms with Crippen LogP contribution >= 0.6 is 22.9 Å². The predicted octanol–water partition coefficient (Wildman–Crippen LogP) is 3.28. The van der Waals surface area contributed by atoms with E-state index < -0.39 is 26.6 Å². The molecule has 1 aromatic heterocycles. The van der Waals surface area contributed by atoms with Crippen LogP contribution in [0.1, 0.15) is 15.2 Å². The van der Waals surface area contributed by atoms with Crippen LogP contribution in [0.3, 0.4) is 0 Å². The van der Waals surface area contributed by atoms with E-state index in [1.165, 1.54) is 28.4 Å². The van der Waals surface area contributed by atoms with Crippen molar-refractivity contribution in [1.82, 2.24) is 9.62 Å². The van der Waals surface area contributed by atoms with Gasteiger partial charge in [-0.2, -0.15) is 0 Å². The molecule has 134 valence electrons. The second-order valence-electron chi connectivity index (χ2n) is 5.15. The first-order chi connectivity index (χ1) is 11.7. The van der Waals surface area contributed by atoms with Crippen LogP contribution in [0, 0.1) is 5.82 Å². The summed E-state index contributed by atoms with van der Waals surface area (Å²) in [5, 5.41) is 0. The van der Waals surface area contributed by atoms with E-state index in [9.17, 15) is 17.6 Å². The van der Waals surface area contributed by atoms with Crippen LogP contribution in [-0.2, 0) is 16.6 Å². The number of carbonyl (C=O) groups is 1. The minimum absolute atomic E-state index is 0.0427. The predicted molar refractivity (Wildman–Crippen MR) is 96.9 cm³/mol. The van der Waals surface area contributed by atoms with Crippen molar-refractivity contribution in [2.45, 2.75) is 11.4 Å². The van der Waals surface area contributed by atoms with Crippen LogP contribution in [-0.4, -0.2) is 32.8 Å². The van der Waals surface area contributed by atoms with Crippen LogP contribution in [0.2, 0.25) is 4.34 Å². The van der Waals surface area contributed by atoms with Gasteiger partial charge in [-0.25, -0.2) is 17.5 Å². The van der Waals surface area contributed by atoms with Crippen LogP contribution in [0.25, 0.3) is 0 Å². The average molecular weight is 403 g/mol. The molecule has 1 N–H and O–H groups in total. The van der Waals surface area contributed by atoms with Crippen molar-refractivity contribution in [3.05, 3.63) is 63.6 Å². The topological polar surface area (TPSA) is 66.5 Å². The Morgan fingerprint density at radius 3 is 2.72 bits per heavy atom. The van der Waals surface area contributed by atoms with E-state index in [0.717, 1.165) is 17.0 Å². The van der Waals surface area contributed by atoms with Gasteiger partial charge in [-0.1, -0.05) is 17.7 Å². The lowest BCUT2D eigenvalue weighted by atomic mass is 10.2. The van der Waals surface area contributed by atoms with Gasteiger partial charge in [0, 0.05) is 24.0 Å². The van der Waals surface area contributed by atoms with Crippen LogP contribution < -0.4 is 4.72 Å². The fourth-order valence-electron chi connectivity index (χ4n) is 2.05. The Bertz CT molecular complexity index is 897. The highest BCUT2D eigenvalue weighted by molar-refractivity contribution is 7.89. The summed E-state index contributed by atoms with van der Waals surface area (Å²) in [6.07, 6.45) is 1.34. The van der Waals surface area contributed by atoms with Gasteiger partial charge in [0.2, 0.25) is 10.0 Å². The molecule has 2 rings (SSSR count). The molecular formula is C16H16ClFN2O3S2. The minimum atomic E-state index is -4.07. The van der Waals surface area contributed by atoms with Crippen LogP contribution in [0.4, 0.5) is 4.39 Å². The Morgan fingerprint density at radius 2 is 2.12 bits per heavy atom. The third kappa shape index (κ3) is 4.88. The normalized spacial score (nSPS) is 11.3. The molecule has 0 atom stereocenters. The zero-order valence-corrected chi connectivity index (χ0v) is 15.7. The number of halogens is 2. The number of hydrogen-bond donors (Lipinski definition) is 1. The highest BCUT2D eigenvalue weighted by atomic mass is 35.5. The summed E-state index contributed by atoms with van der Waals surface area (Å²) >= 11 is 7.21. The van der Waals surface area contributed by atoms with Crippen molar-refractivity contribution in [1.29, 1.82) is 0 Å². The van der Waals surface area contributed by atoms with Crippen molar-refractivity contribution >= 4 is 38.9 Å². The molecule has 0 aliphatic carbocycles. The van der Waals surface area contributed by atoms with E-state index in [2.05, 4.69) is 11.3 Å². The van der Waals surface area contributed by atoms with E-state index in [1.807, 2.05) is 0 Å². The molecule has 9 heteroatoms. The zero-order valence-electron chi connectivity index (χ0n) is 13.3. The molecule has 0 unspecified atom stereocenters. The molecule has 0 radical (unpaired) electrons. The summed E-state index contributed by atoms with van der Waals surface area (Å²) in [7, 11) is -2.50. The number of sulfonamides is 1. The highest BCUT2D eigenvalue weighted by Crippen LogP contribution is 2.23. The third-order valence-corrected chi connectivity index (χ3v) is 5.91. The van der Waals surface area contributed by atoms with Gasteiger partial charge in [-0.05, 0) is 30.3 Å². The SMILES string of the molecule is C=CCNS(=O)(=O)c1cc(C(=O)N(C)Cc2ccc(Cl)s2)ccc1F. The van der Waals surface area contributed by atoms with Crippen molar-refractivity contribution in [2.24, 2.45) is 0 Å². The number of carbonyl (C=O) groups excluding carboxylic acids is 1. The molecule has 1 heterocycles. The van der Waals surface area contributed by atoms with E-state index in [-0.39, 0.29) is 12.1 Å². The molecule has 0 aliphatic rings. The number of thiophene rings is 1. The first-order valence-corrected chi connectivity index (χ1v) is 9.82. The minimum Gasteiger partial charge on any atom is -0.337 e. The second kappa shape index (κ2) is 8.09. The van der Waals surface area contributed by atoms with Crippen molar-refractivity contribution in [2.75, 3.05) is 13.6 Å². The summed E-state index contributed by atoms with van der Waals surface area (Å²) in [6, 6.07) is 6.78. The number of rotatable bonds is 7. The van der Waals surface area contributed by atoms with Gasteiger partial charge in [0.05, 0.1) is 10.9 Å². The fraction of sp³-hybridized carbons (Fsp3) is 0.188. The van der Waals surface area contributed by atoms with Gasteiger partial charge >= 0.3 is 0 Å². The van der Waals surface area contributed by atoms with Gasteiger partial charge in [0.25, 0.3) is 5.91 Å². The first kappa shape index (κ1) is 19.6. The number of amides is 1. The molecule has 0 aliphatic heterocycles. The monoisotopic (exact) mass is 402 g/mol. The van der Waals surface area contributed by atoms with Gasteiger partial charge < -0.3 is 4.90 Å². The summed E-state index contributed by atoms with van der Waals surface area (Å²) < 4.78 is 40.9. The van der Waals surface area contributed by atoms with E-state index in [4.69, 9.17) is 11.6 Å². The van der Waals surface area contributed by atoms with E-state index in [0.29, 0.717) is 10.9 Å². The molecular weight excluding hydrogens is 387 g/mol. The van der Waals surface area contributed by atoms with Gasteiger partial charge in [0.15, 0.2) is 0 Å². The molecule has 0 fully saturated rings. The van der Waals surface area contributed by atoms with Crippen LogP contribution in [0.5, 0.6) is 0 Å². The Kier molecular flexibility index (Phi) is 6.34. The van der Waals surface area contributed by atoms with Gasteiger partial charge in [-0.3, -0.25) is 4.79 Å². The molecule has 0 saturated heterocycles. The number of benzene rings is 1. The van der Waals surface area contributed by atoms with Crippen molar-refractivity contribution in [3.8, 4) is 0 Å². The quantitative estimate of drug-likeness (QED) is 0.723. The molecule has 0 spiro atoms. The Morgan fingerprint density at radius 1 is 1.40 bits per heavy atom. The summed E-state index contributed by atoms with van der Waals surface area (Å²) in [4.78, 5) is 14.2. The second-order valence-corrected chi connectivity index (χ2v) is 8.69. The molecule has 5 nitrogen and oxygen atoms in total. The lowest BCUT2D eigenvalue weighted by Gasteiger charge is -2.17. The summed E-state index contributed by atoms with van der Waals surface area (Å²) in [5.74, 6) is -1.36. The molecule has 25 heavy (non-hydrogen) atoms. The molecule has 1 amide bonds. The molecule has 0 bridgehead atoms. The molecule has 0 saturated carbocycles. The average Bonchev–Trinajstić information content (AvgIpc) is 2.97. The number of nitrogens with zero attached hydrogens (tertiary/aromatic N) is 1. The van der Waals surface area contributed by atoms with E-state index in [1.54, 1.807) is 19.2 Å². The zero-order chi connectivity index (χ0) is 18.6.